The van der Waals surface area contributed by atoms with Gasteiger partial charge >= 0.3 is 0 Å². The van der Waals surface area contributed by atoms with Gasteiger partial charge in [0.1, 0.15) is 5.75 Å². The van der Waals surface area contributed by atoms with Crippen molar-refractivity contribution in [1.29, 1.82) is 5.26 Å². The summed E-state index contributed by atoms with van der Waals surface area (Å²) < 4.78 is 17.3. The molecule has 1 aliphatic carbocycles. The number of halogens is 1. The number of hydrogen-bond donors (Lipinski definition) is 2. The topological polar surface area (TPSA) is 138 Å². The highest BCUT2D eigenvalue weighted by Crippen LogP contribution is 2.45. The summed E-state index contributed by atoms with van der Waals surface area (Å²) in [5.41, 5.74) is 1.23. The Bertz CT molecular complexity index is 1360. The minimum absolute atomic E-state index is 0.0250. The first kappa shape index (κ1) is 34.7. The van der Waals surface area contributed by atoms with E-state index >= 15 is 0 Å². The Morgan fingerprint density at radius 2 is 2.11 bits per heavy atom. The van der Waals surface area contributed by atoms with E-state index in [0.29, 0.717) is 54.9 Å². The van der Waals surface area contributed by atoms with Crippen LogP contribution >= 0.6 is 11.6 Å². The van der Waals surface area contributed by atoms with E-state index in [4.69, 9.17) is 30.6 Å². The summed E-state index contributed by atoms with van der Waals surface area (Å²) in [4.78, 5) is 24.4. The molecule has 2 N–H and O–H groups in total. The Labute approximate surface area is 272 Å². The van der Waals surface area contributed by atoms with Crippen molar-refractivity contribution in [2.24, 2.45) is 16.8 Å². The Balaban J connectivity index is 1.56. The number of anilines is 1. The molecule has 2 heterocycles. The average molecular weight is 642 g/mol. The molecule has 1 saturated carbocycles. The zero-order valence-corrected chi connectivity index (χ0v) is 28.2. The van der Waals surface area contributed by atoms with Crippen LogP contribution in [0.3, 0.4) is 0 Å². The fraction of sp³-hybridized carbons (Fsp3) is 0.667. The van der Waals surface area contributed by atoms with Gasteiger partial charge in [-0.25, -0.2) is 0 Å². The van der Waals surface area contributed by atoms with Crippen LogP contribution in [0.25, 0.3) is 0 Å². The first-order chi connectivity index (χ1) is 21.6. The van der Waals surface area contributed by atoms with E-state index in [2.05, 4.69) is 38.7 Å². The van der Waals surface area contributed by atoms with Crippen molar-refractivity contribution >= 4 is 28.9 Å². The van der Waals surface area contributed by atoms with E-state index in [0.717, 1.165) is 37.2 Å². The molecular weight excluding hydrogens is 594 g/mol. The smallest absolute Gasteiger partial charge is 0.264 e. The number of amides is 1. The second kappa shape index (κ2) is 15.9. The predicted molar refractivity (Wildman–Crippen MR) is 175 cm³/mol. The molecule has 0 bridgehead atoms. The number of rotatable bonds is 15. The lowest BCUT2D eigenvalue weighted by Gasteiger charge is -2.52. The Morgan fingerprint density at radius 1 is 1.31 bits per heavy atom. The molecule has 11 nitrogen and oxygen atoms in total. The summed E-state index contributed by atoms with van der Waals surface area (Å²) in [6.07, 6.45) is 3.94. The highest BCUT2D eigenvalue weighted by Gasteiger charge is 2.53. The molecular formula is C33H48ClN7O4. The third-order valence-corrected chi connectivity index (χ3v) is 8.98. The lowest BCUT2D eigenvalue weighted by atomic mass is 9.62. The van der Waals surface area contributed by atoms with Gasteiger partial charge in [0, 0.05) is 42.7 Å². The zero-order valence-electron chi connectivity index (χ0n) is 27.4. The van der Waals surface area contributed by atoms with Gasteiger partial charge in [-0.3, -0.25) is 9.79 Å². The van der Waals surface area contributed by atoms with Gasteiger partial charge in [0.05, 0.1) is 41.2 Å². The molecule has 1 aromatic heterocycles. The van der Waals surface area contributed by atoms with Crippen LogP contribution in [0.2, 0.25) is 5.02 Å². The molecule has 1 fully saturated rings. The molecule has 1 aliphatic heterocycles. The van der Waals surface area contributed by atoms with E-state index in [9.17, 15) is 10.1 Å². The number of nitrogens with one attached hydrogen (secondary N) is 2. The van der Waals surface area contributed by atoms with Gasteiger partial charge in [0.15, 0.2) is 12.4 Å². The molecule has 2 aliphatic rings. The molecule has 246 valence electrons. The molecule has 0 radical (unpaired) electrons. The van der Waals surface area contributed by atoms with E-state index in [-0.39, 0.29) is 42.4 Å². The molecule has 12 heteroatoms. The van der Waals surface area contributed by atoms with Gasteiger partial charge in [-0.2, -0.15) is 10.2 Å². The number of nitriles is 1. The number of aliphatic imine (C=N–C) groups is 1. The van der Waals surface area contributed by atoms with Crippen LogP contribution < -0.4 is 15.4 Å². The number of ether oxygens (including phenoxy) is 2. The first-order valence-corrected chi connectivity index (χ1v) is 16.5. The van der Waals surface area contributed by atoms with E-state index in [1.807, 2.05) is 53.1 Å². The number of benzene rings is 1. The minimum atomic E-state index is -0.603. The second-order valence-electron chi connectivity index (χ2n) is 12.6. The van der Waals surface area contributed by atoms with E-state index < -0.39 is 5.54 Å². The summed E-state index contributed by atoms with van der Waals surface area (Å²) in [5, 5.41) is 21.9. The van der Waals surface area contributed by atoms with Crippen LogP contribution in [0.1, 0.15) is 83.9 Å². The molecule has 5 unspecified atom stereocenters. The van der Waals surface area contributed by atoms with Crippen LogP contribution in [0.15, 0.2) is 27.7 Å². The fourth-order valence-electron chi connectivity index (χ4n) is 6.52. The number of carbonyl (C=O) groups is 1. The van der Waals surface area contributed by atoms with Gasteiger partial charge in [-0.05, 0) is 65.0 Å². The third kappa shape index (κ3) is 8.54. The molecule has 0 saturated heterocycles. The standard InChI is InChI=1S/C33H48ClN7O4/c1-7-13-33(39-23-11-12-28(25(34)15-23)44-20-31-38-32(21(3)4)40-45-31)22(18-35)19-36-26-17-29(43-8-2)27(16-24(26)33)37-30(42)10-9-14-41(5)6/h11-12,15,21-22,24,27,29,39H,7-10,13-14,16-17,19-20H2,1-6H3,(H,37,42). The van der Waals surface area contributed by atoms with Crippen molar-refractivity contribution < 1.29 is 18.8 Å². The van der Waals surface area contributed by atoms with Crippen LogP contribution in [0, 0.1) is 23.2 Å². The summed E-state index contributed by atoms with van der Waals surface area (Å²) in [5.74, 6) is 1.25. The van der Waals surface area contributed by atoms with Crippen LogP contribution in [-0.2, 0) is 16.1 Å². The maximum Gasteiger partial charge on any atom is 0.264 e. The van der Waals surface area contributed by atoms with Crippen LogP contribution in [0.5, 0.6) is 5.75 Å². The molecule has 5 atom stereocenters. The van der Waals surface area contributed by atoms with Gasteiger partial charge < -0.3 is 29.5 Å². The van der Waals surface area contributed by atoms with Gasteiger partial charge in [-0.15, -0.1) is 0 Å². The van der Waals surface area contributed by atoms with E-state index in [1.165, 1.54) is 0 Å². The molecule has 1 amide bonds. The van der Waals surface area contributed by atoms with Crippen LogP contribution in [-0.4, -0.2) is 78.1 Å². The maximum atomic E-state index is 13.0. The van der Waals surface area contributed by atoms with Crippen molar-refractivity contribution in [3.05, 3.63) is 34.9 Å². The maximum absolute atomic E-state index is 13.0. The fourth-order valence-corrected chi connectivity index (χ4v) is 6.76. The van der Waals surface area contributed by atoms with Crippen molar-refractivity contribution in [2.75, 3.05) is 39.1 Å². The predicted octanol–water partition coefficient (Wildman–Crippen LogP) is 5.61. The number of carbonyl (C=O) groups excluding carboxylic acids is 1. The molecule has 45 heavy (non-hydrogen) atoms. The van der Waals surface area contributed by atoms with Crippen LogP contribution in [0.4, 0.5) is 5.69 Å². The summed E-state index contributed by atoms with van der Waals surface area (Å²) in [6, 6.07) is 7.94. The van der Waals surface area contributed by atoms with Crippen molar-refractivity contribution in [2.45, 2.75) is 96.4 Å². The number of nitrogens with zero attached hydrogens (tertiary/aromatic N) is 5. The Hall–Kier alpha value is -3.20. The summed E-state index contributed by atoms with van der Waals surface area (Å²) >= 11 is 6.71. The monoisotopic (exact) mass is 641 g/mol. The molecule has 4 rings (SSSR count). The van der Waals surface area contributed by atoms with E-state index in [1.54, 1.807) is 0 Å². The SMILES string of the molecule is CCCC1(Nc2ccc(OCc3nc(C(C)C)no3)c(Cl)c2)C(C#N)CN=C2CC(OCC)C(NC(=O)CCCN(C)C)CC21. The zero-order chi connectivity index (χ0) is 32.6. The Morgan fingerprint density at radius 3 is 2.76 bits per heavy atom. The quantitative estimate of drug-likeness (QED) is 0.254. The summed E-state index contributed by atoms with van der Waals surface area (Å²) in [7, 11) is 4.01. The second-order valence-corrected chi connectivity index (χ2v) is 13.0. The third-order valence-electron chi connectivity index (χ3n) is 8.69. The number of hydrogen-bond acceptors (Lipinski definition) is 10. The van der Waals surface area contributed by atoms with Gasteiger partial charge in [-0.1, -0.05) is 43.9 Å². The summed E-state index contributed by atoms with van der Waals surface area (Å²) in [6.45, 7) is 10.0. The van der Waals surface area contributed by atoms with Crippen molar-refractivity contribution in [1.82, 2.24) is 20.4 Å². The highest BCUT2D eigenvalue weighted by molar-refractivity contribution is 6.32. The number of fused-ring (bicyclic) bond motifs is 1. The number of aromatic nitrogens is 2. The molecule has 0 spiro atoms. The van der Waals surface area contributed by atoms with Gasteiger partial charge in [0.25, 0.3) is 5.89 Å². The van der Waals surface area contributed by atoms with Crippen molar-refractivity contribution in [3.8, 4) is 11.8 Å². The average Bonchev–Trinajstić information content (AvgIpc) is 3.47. The van der Waals surface area contributed by atoms with Crippen molar-refractivity contribution in [3.63, 3.8) is 0 Å². The lowest BCUT2D eigenvalue weighted by Crippen LogP contribution is -2.63. The first-order valence-electron chi connectivity index (χ1n) is 16.1. The normalized spacial score (nSPS) is 24.6. The highest BCUT2D eigenvalue weighted by atomic mass is 35.5. The molecule has 2 aromatic rings. The Kier molecular flexibility index (Phi) is 12.2. The lowest BCUT2D eigenvalue weighted by molar-refractivity contribution is -0.123. The minimum Gasteiger partial charge on any atom is -0.482 e. The largest absolute Gasteiger partial charge is 0.482 e. The molecule has 1 aromatic carbocycles. The van der Waals surface area contributed by atoms with Gasteiger partial charge in [0.2, 0.25) is 5.91 Å².